The van der Waals surface area contributed by atoms with Gasteiger partial charge in [-0.1, -0.05) is 55.8 Å². The van der Waals surface area contributed by atoms with Crippen molar-refractivity contribution in [1.29, 1.82) is 0 Å². The summed E-state index contributed by atoms with van der Waals surface area (Å²) < 4.78 is 17.5. The van der Waals surface area contributed by atoms with Gasteiger partial charge in [0.1, 0.15) is 12.4 Å². The van der Waals surface area contributed by atoms with Crippen LogP contribution >= 0.6 is 0 Å². The van der Waals surface area contributed by atoms with E-state index in [-0.39, 0.29) is 0 Å². The van der Waals surface area contributed by atoms with Crippen molar-refractivity contribution in [3.8, 4) is 16.9 Å². The smallest absolute Gasteiger partial charge is 0.119 e. The van der Waals surface area contributed by atoms with Gasteiger partial charge in [-0.3, -0.25) is 4.99 Å². The molecule has 2 aliphatic rings. The van der Waals surface area contributed by atoms with Crippen molar-refractivity contribution < 1.29 is 14.2 Å². The Balaban J connectivity index is 1.38. The van der Waals surface area contributed by atoms with Crippen molar-refractivity contribution in [1.82, 2.24) is 5.32 Å². The number of allylic oxidation sites excluding steroid dienone is 1. The zero-order valence-corrected chi connectivity index (χ0v) is 29.6. The summed E-state index contributed by atoms with van der Waals surface area (Å²) in [7, 11) is 0. The minimum absolute atomic E-state index is 0.339. The van der Waals surface area contributed by atoms with E-state index in [4.69, 9.17) is 14.2 Å². The first kappa shape index (κ1) is 35.7. The van der Waals surface area contributed by atoms with Crippen LogP contribution in [0, 0.1) is 5.92 Å². The number of fused-ring (bicyclic) bond motifs is 1. The summed E-state index contributed by atoms with van der Waals surface area (Å²) in [5.41, 5.74) is 9.11. The van der Waals surface area contributed by atoms with Crippen molar-refractivity contribution in [2.24, 2.45) is 10.9 Å². The van der Waals surface area contributed by atoms with Crippen molar-refractivity contribution in [2.45, 2.75) is 78.2 Å². The van der Waals surface area contributed by atoms with Crippen LogP contribution in [0.25, 0.3) is 22.8 Å². The van der Waals surface area contributed by atoms with E-state index in [1.807, 2.05) is 6.34 Å². The van der Waals surface area contributed by atoms with Gasteiger partial charge in [0.15, 0.2) is 0 Å². The molecule has 258 valence electrons. The Morgan fingerprint density at radius 1 is 0.938 bits per heavy atom. The molecule has 48 heavy (non-hydrogen) atoms. The molecule has 2 unspecified atom stereocenters. The monoisotopic (exact) mass is 651 g/mol. The van der Waals surface area contributed by atoms with Gasteiger partial charge in [-0.05, 0) is 128 Å². The molecule has 0 bridgehead atoms. The Morgan fingerprint density at radius 2 is 1.75 bits per heavy atom. The predicted molar refractivity (Wildman–Crippen MR) is 202 cm³/mol. The van der Waals surface area contributed by atoms with Crippen LogP contribution in [0.5, 0.6) is 5.75 Å². The quantitative estimate of drug-likeness (QED) is 0.0952. The lowest BCUT2D eigenvalue weighted by Gasteiger charge is -2.32. The van der Waals surface area contributed by atoms with Gasteiger partial charge in [-0.2, -0.15) is 0 Å². The molecule has 6 heteroatoms. The highest BCUT2D eigenvalue weighted by Gasteiger charge is 2.21. The highest BCUT2D eigenvalue weighted by Crippen LogP contribution is 2.35. The van der Waals surface area contributed by atoms with Crippen LogP contribution in [0.2, 0.25) is 0 Å². The highest BCUT2D eigenvalue weighted by atomic mass is 16.5. The second-order valence-electron chi connectivity index (χ2n) is 13.4. The third-order valence-corrected chi connectivity index (χ3v) is 9.38. The topological polar surface area (TPSA) is 55.3 Å². The van der Waals surface area contributed by atoms with Gasteiger partial charge in [-0.15, -0.1) is 0 Å². The van der Waals surface area contributed by atoms with Crippen molar-refractivity contribution in [3.63, 3.8) is 0 Å². The average molecular weight is 652 g/mol. The molecule has 3 aromatic rings. The van der Waals surface area contributed by atoms with E-state index < -0.39 is 0 Å². The molecule has 0 aromatic heterocycles. The number of nitrogens with zero attached hydrogens (tertiary/aromatic N) is 2. The van der Waals surface area contributed by atoms with Crippen LogP contribution < -0.4 is 15.0 Å². The number of ether oxygens (including phenoxy) is 3. The zero-order chi connectivity index (χ0) is 33.4. The molecule has 0 saturated carbocycles. The number of aliphatic imine (C=N–C) groups is 1. The maximum Gasteiger partial charge on any atom is 0.119 e. The first-order chi connectivity index (χ1) is 23.6. The van der Waals surface area contributed by atoms with Gasteiger partial charge in [0, 0.05) is 44.6 Å². The first-order valence-corrected chi connectivity index (χ1v) is 18.4. The molecule has 0 amide bonds. The molecule has 2 atom stereocenters. The molecule has 1 saturated heterocycles. The van der Waals surface area contributed by atoms with E-state index in [0.717, 1.165) is 77.3 Å². The summed E-state index contributed by atoms with van der Waals surface area (Å²) in [5.74, 6) is 1.46. The Labute approximate surface area is 289 Å². The maximum atomic E-state index is 5.95. The number of hydrogen-bond acceptors (Lipinski definition) is 5. The molecule has 0 aliphatic carbocycles. The van der Waals surface area contributed by atoms with Crippen LogP contribution in [0.1, 0.15) is 82.4 Å². The van der Waals surface area contributed by atoms with Crippen LogP contribution in [-0.4, -0.2) is 65.0 Å². The molecule has 0 spiro atoms. The summed E-state index contributed by atoms with van der Waals surface area (Å²) in [6.07, 6.45) is 13.4. The molecule has 6 nitrogen and oxygen atoms in total. The average Bonchev–Trinajstić information content (AvgIpc) is 3.20. The number of rotatable bonds is 16. The lowest BCUT2D eigenvalue weighted by atomic mass is 9.94. The standard InChI is InChI=1S/C42H57N3O3/c1-4-6-23-46-25-26-48-41-19-16-37(17-20-41)39-18-21-42-40(29-39)28-38(11-7-8-22-45(42)30-35-10-9-24-47-31-35)36-14-12-34(13-15-36)27-33(3)44-32-43-5-2/h12-21,28-29,32-33,35H,4-11,22-27,30-31H2,1-3H3,(H,43,44)/b38-28+. The lowest BCUT2D eigenvalue weighted by molar-refractivity contribution is 0.0572. The summed E-state index contributed by atoms with van der Waals surface area (Å²) in [6, 6.07) is 25.1. The van der Waals surface area contributed by atoms with E-state index in [1.165, 1.54) is 58.3 Å². The normalized spacial score (nSPS) is 18.7. The van der Waals surface area contributed by atoms with Crippen LogP contribution in [0.3, 0.4) is 0 Å². The molecule has 2 aliphatic heterocycles. The molecule has 5 rings (SSSR count). The number of nitrogens with one attached hydrogen (secondary N) is 1. The highest BCUT2D eigenvalue weighted by molar-refractivity contribution is 5.87. The number of unbranched alkanes of at least 4 members (excludes halogenated alkanes) is 1. The molecule has 3 aromatic carbocycles. The van der Waals surface area contributed by atoms with Crippen molar-refractivity contribution in [2.75, 3.05) is 57.6 Å². The summed E-state index contributed by atoms with van der Waals surface area (Å²) >= 11 is 0. The van der Waals surface area contributed by atoms with Crippen LogP contribution in [0.15, 0.2) is 71.7 Å². The summed E-state index contributed by atoms with van der Waals surface area (Å²) in [4.78, 5) is 6.93. The Morgan fingerprint density at radius 3 is 2.52 bits per heavy atom. The summed E-state index contributed by atoms with van der Waals surface area (Å²) in [6.45, 7) is 13.1. The van der Waals surface area contributed by atoms with Gasteiger partial charge >= 0.3 is 0 Å². The summed E-state index contributed by atoms with van der Waals surface area (Å²) in [5, 5.41) is 3.39. The van der Waals surface area contributed by atoms with E-state index in [9.17, 15) is 0 Å². The maximum absolute atomic E-state index is 5.95. The van der Waals surface area contributed by atoms with Crippen molar-refractivity contribution in [3.05, 3.63) is 83.4 Å². The molecule has 0 radical (unpaired) electrons. The van der Waals surface area contributed by atoms with Gasteiger partial charge in [-0.25, -0.2) is 0 Å². The SMILES string of the molecule is CCCCOCCOc1ccc(-c2ccc3c(c2)/C=C(/c2ccc(CC(C)NC=NCC)cc2)CCCCN3CC2CCCOC2)cc1. The minimum Gasteiger partial charge on any atom is -0.491 e. The number of hydrogen-bond donors (Lipinski definition) is 1. The predicted octanol–water partition coefficient (Wildman–Crippen LogP) is 9.08. The minimum atomic E-state index is 0.339. The fraction of sp³-hybridized carbons (Fsp3) is 0.500. The van der Waals surface area contributed by atoms with E-state index in [2.05, 4.69) is 109 Å². The molecule has 1 N–H and O–H groups in total. The van der Waals surface area contributed by atoms with Gasteiger partial charge in [0.25, 0.3) is 0 Å². The molecule has 2 heterocycles. The fourth-order valence-corrected chi connectivity index (χ4v) is 6.67. The Kier molecular flexibility index (Phi) is 14.4. The second-order valence-corrected chi connectivity index (χ2v) is 13.4. The van der Waals surface area contributed by atoms with Crippen LogP contribution in [-0.2, 0) is 15.9 Å². The molecule has 1 fully saturated rings. The third kappa shape index (κ3) is 11.0. The van der Waals surface area contributed by atoms with E-state index in [1.54, 1.807) is 0 Å². The molecular formula is C42H57N3O3. The van der Waals surface area contributed by atoms with E-state index >= 15 is 0 Å². The molecular weight excluding hydrogens is 594 g/mol. The number of benzene rings is 3. The third-order valence-electron chi connectivity index (χ3n) is 9.38. The van der Waals surface area contributed by atoms with Gasteiger partial charge in [0.05, 0.1) is 19.6 Å². The Bertz CT molecular complexity index is 1430. The van der Waals surface area contributed by atoms with E-state index in [0.29, 0.717) is 25.2 Å². The Hall–Kier alpha value is -3.61. The van der Waals surface area contributed by atoms with Crippen molar-refractivity contribution >= 4 is 23.7 Å². The van der Waals surface area contributed by atoms with Gasteiger partial charge < -0.3 is 24.4 Å². The lowest BCUT2D eigenvalue weighted by Crippen LogP contribution is -2.34. The van der Waals surface area contributed by atoms with Gasteiger partial charge in [0.2, 0.25) is 0 Å². The second kappa shape index (κ2) is 19.4. The van der Waals surface area contributed by atoms with Crippen LogP contribution in [0.4, 0.5) is 5.69 Å². The fourth-order valence-electron chi connectivity index (χ4n) is 6.67. The largest absolute Gasteiger partial charge is 0.491 e. The first-order valence-electron chi connectivity index (χ1n) is 18.4. The zero-order valence-electron chi connectivity index (χ0n) is 29.6. The number of anilines is 1.